The van der Waals surface area contributed by atoms with Gasteiger partial charge in [0, 0.05) is 0 Å². The lowest BCUT2D eigenvalue weighted by molar-refractivity contribution is 1.03. The molecule has 0 bridgehead atoms. The highest BCUT2D eigenvalue weighted by Crippen LogP contribution is 2.00. The lowest BCUT2D eigenvalue weighted by atomic mass is 10.2. The maximum absolute atomic E-state index is 8.39. The van der Waals surface area contributed by atoms with Crippen LogP contribution in [0.2, 0.25) is 0 Å². The quantitative estimate of drug-likeness (QED) is 0.648. The summed E-state index contributed by atoms with van der Waals surface area (Å²) in [5.41, 5.74) is 1.45. The van der Waals surface area contributed by atoms with E-state index in [9.17, 15) is 0 Å². The topological polar surface area (TPSA) is 60.5 Å². The van der Waals surface area contributed by atoms with Gasteiger partial charge in [0.15, 0.2) is 0 Å². The Morgan fingerprint density at radius 2 is 1.58 bits per heavy atom. The smallest absolute Gasteiger partial charge is 0.0774 e. The van der Waals surface area contributed by atoms with Crippen molar-refractivity contribution in [1.29, 1.82) is 10.5 Å². The van der Waals surface area contributed by atoms with E-state index >= 15 is 0 Å². The van der Waals surface area contributed by atoms with Crippen LogP contribution in [0.25, 0.3) is 0 Å². The van der Waals surface area contributed by atoms with Gasteiger partial charge in [0.25, 0.3) is 0 Å². The third kappa shape index (κ3) is 2.07. The first-order valence-electron chi connectivity index (χ1n) is 3.55. The van der Waals surface area contributed by atoms with E-state index in [1.165, 1.54) is 0 Å². The Balaban J connectivity index is 2.84. The van der Waals surface area contributed by atoms with E-state index in [0.29, 0.717) is 12.8 Å². The van der Waals surface area contributed by atoms with E-state index in [0.717, 1.165) is 11.4 Å². The van der Waals surface area contributed by atoms with Gasteiger partial charge in [-0.1, -0.05) is 6.07 Å². The van der Waals surface area contributed by atoms with Crippen LogP contribution in [0.15, 0.2) is 18.2 Å². The van der Waals surface area contributed by atoms with Crippen molar-refractivity contribution in [3.8, 4) is 12.1 Å². The summed E-state index contributed by atoms with van der Waals surface area (Å²) in [5.74, 6) is 0. The molecule has 12 heavy (non-hydrogen) atoms. The molecule has 0 unspecified atom stereocenters. The largest absolute Gasteiger partial charge is 0.256 e. The molecular weight excluding hydrogens is 150 g/mol. The molecule has 1 aromatic heterocycles. The predicted molar refractivity (Wildman–Crippen MR) is 42.9 cm³/mol. The molecule has 1 rings (SSSR count). The summed E-state index contributed by atoms with van der Waals surface area (Å²) in [6.45, 7) is 0. The van der Waals surface area contributed by atoms with Crippen LogP contribution in [0.1, 0.15) is 11.4 Å². The van der Waals surface area contributed by atoms with Gasteiger partial charge in [0.2, 0.25) is 0 Å². The molecule has 0 aliphatic heterocycles. The Hall–Kier alpha value is -1.87. The van der Waals surface area contributed by atoms with Crippen LogP contribution >= 0.6 is 0 Å². The number of nitriles is 2. The summed E-state index contributed by atoms with van der Waals surface area (Å²) in [6, 6.07) is 9.39. The third-order valence-corrected chi connectivity index (χ3v) is 1.38. The molecule has 0 N–H and O–H groups in total. The van der Waals surface area contributed by atoms with Crippen LogP contribution in [0.5, 0.6) is 0 Å². The number of aromatic nitrogens is 1. The fraction of sp³-hybridized carbons (Fsp3) is 0.222. The van der Waals surface area contributed by atoms with Gasteiger partial charge >= 0.3 is 0 Å². The normalized spacial score (nSPS) is 8.50. The SMILES string of the molecule is N#CCc1cccc(CC#N)n1. The van der Waals surface area contributed by atoms with Crippen LogP contribution < -0.4 is 0 Å². The van der Waals surface area contributed by atoms with Gasteiger partial charge in [-0.2, -0.15) is 10.5 Å². The van der Waals surface area contributed by atoms with Crippen molar-refractivity contribution in [2.45, 2.75) is 12.8 Å². The first-order valence-corrected chi connectivity index (χ1v) is 3.55. The van der Waals surface area contributed by atoms with Gasteiger partial charge < -0.3 is 0 Å². The second kappa shape index (κ2) is 4.10. The highest BCUT2D eigenvalue weighted by Gasteiger charge is 1.95. The predicted octanol–water partition coefficient (Wildman–Crippen LogP) is 1.21. The Labute approximate surface area is 70.9 Å². The van der Waals surface area contributed by atoms with E-state index in [4.69, 9.17) is 10.5 Å². The minimum Gasteiger partial charge on any atom is -0.256 e. The number of rotatable bonds is 2. The van der Waals surface area contributed by atoms with Crippen LogP contribution in [0.4, 0.5) is 0 Å². The summed E-state index contributed by atoms with van der Waals surface area (Å²) >= 11 is 0. The van der Waals surface area contributed by atoms with Gasteiger partial charge in [0.1, 0.15) is 0 Å². The summed E-state index contributed by atoms with van der Waals surface area (Å²) in [5, 5.41) is 16.8. The van der Waals surface area contributed by atoms with Gasteiger partial charge in [-0.05, 0) is 12.1 Å². The lowest BCUT2D eigenvalue weighted by Crippen LogP contribution is -1.92. The van der Waals surface area contributed by atoms with Crippen molar-refractivity contribution in [2.75, 3.05) is 0 Å². The highest BCUT2D eigenvalue weighted by molar-refractivity contribution is 5.15. The number of pyridine rings is 1. The van der Waals surface area contributed by atoms with E-state index in [1.54, 1.807) is 12.1 Å². The third-order valence-electron chi connectivity index (χ3n) is 1.38. The standard InChI is InChI=1S/C9H7N3/c10-6-4-8-2-1-3-9(12-8)5-7-11/h1-3H,4-5H2. The minimum absolute atomic E-state index is 0.305. The fourth-order valence-corrected chi connectivity index (χ4v) is 0.888. The van der Waals surface area contributed by atoms with Gasteiger partial charge in [-0.3, -0.25) is 4.98 Å². The lowest BCUT2D eigenvalue weighted by Gasteiger charge is -1.95. The van der Waals surface area contributed by atoms with Crippen molar-refractivity contribution in [3.05, 3.63) is 29.6 Å². The summed E-state index contributed by atoms with van der Waals surface area (Å²) in [6.07, 6.45) is 0.610. The molecule has 0 radical (unpaired) electrons. The van der Waals surface area contributed by atoms with Crippen LogP contribution in [0, 0.1) is 22.7 Å². The Kier molecular flexibility index (Phi) is 2.81. The van der Waals surface area contributed by atoms with Crippen molar-refractivity contribution in [3.63, 3.8) is 0 Å². The molecule has 0 saturated carbocycles. The van der Waals surface area contributed by atoms with Crippen molar-refractivity contribution in [1.82, 2.24) is 4.98 Å². The van der Waals surface area contributed by atoms with Gasteiger partial charge in [0.05, 0.1) is 36.4 Å². The summed E-state index contributed by atoms with van der Waals surface area (Å²) < 4.78 is 0. The first-order chi connectivity index (χ1) is 5.86. The van der Waals surface area contributed by atoms with Crippen LogP contribution in [0.3, 0.4) is 0 Å². The maximum atomic E-state index is 8.39. The summed E-state index contributed by atoms with van der Waals surface area (Å²) in [7, 11) is 0. The molecule has 3 nitrogen and oxygen atoms in total. The number of hydrogen-bond acceptors (Lipinski definition) is 3. The summed E-state index contributed by atoms with van der Waals surface area (Å²) in [4.78, 5) is 4.11. The van der Waals surface area contributed by atoms with E-state index < -0.39 is 0 Å². The monoisotopic (exact) mass is 157 g/mol. The van der Waals surface area contributed by atoms with Gasteiger partial charge in [-0.15, -0.1) is 0 Å². The molecule has 0 atom stereocenters. The molecule has 0 aliphatic carbocycles. The zero-order valence-electron chi connectivity index (χ0n) is 6.49. The molecule has 0 aliphatic rings. The molecule has 0 amide bonds. The molecule has 0 spiro atoms. The number of hydrogen-bond donors (Lipinski definition) is 0. The van der Waals surface area contributed by atoms with Gasteiger partial charge in [-0.25, -0.2) is 0 Å². The molecule has 1 heterocycles. The first kappa shape index (κ1) is 8.23. The zero-order valence-corrected chi connectivity index (χ0v) is 6.49. The Morgan fingerprint density at radius 3 is 2.00 bits per heavy atom. The maximum Gasteiger partial charge on any atom is 0.0774 e. The Bertz CT molecular complexity index is 312. The van der Waals surface area contributed by atoms with Crippen LogP contribution in [-0.4, -0.2) is 4.98 Å². The molecule has 3 heteroatoms. The highest BCUT2D eigenvalue weighted by atomic mass is 14.7. The average Bonchev–Trinajstić information content (AvgIpc) is 2.06. The zero-order chi connectivity index (χ0) is 8.81. The van der Waals surface area contributed by atoms with Crippen LogP contribution in [-0.2, 0) is 12.8 Å². The van der Waals surface area contributed by atoms with E-state index in [-0.39, 0.29) is 0 Å². The van der Waals surface area contributed by atoms with E-state index in [1.807, 2.05) is 18.2 Å². The van der Waals surface area contributed by atoms with Crippen molar-refractivity contribution >= 4 is 0 Å². The molecule has 58 valence electrons. The Morgan fingerprint density at radius 1 is 1.08 bits per heavy atom. The second-order valence-corrected chi connectivity index (χ2v) is 2.29. The van der Waals surface area contributed by atoms with Crippen molar-refractivity contribution < 1.29 is 0 Å². The molecule has 1 aromatic rings. The minimum atomic E-state index is 0.305. The van der Waals surface area contributed by atoms with Crippen molar-refractivity contribution in [2.24, 2.45) is 0 Å². The number of nitrogens with zero attached hydrogens (tertiary/aromatic N) is 3. The molecule has 0 aromatic carbocycles. The molecular formula is C9H7N3. The fourth-order valence-electron chi connectivity index (χ4n) is 0.888. The second-order valence-electron chi connectivity index (χ2n) is 2.29. The average molecular weight is 157 g/mol. The molecule has 0 fully saturated rings. The van der Waals surface area contributed by atoms with E-state index in [2.05, 4.69) is 4.98 Å². The molecule has 0 saturated heterocycles.